The van der Waals surface area contributed by atoms with Crippen LogP contribution in [0.4, 0.5) is 0 Å². The third kappa shape index (κ3) is 4.51. The zero-order valence-electron chi connectivity index (χ0n) is 17.6. The Morgan fingerprint density at radius 2 is 1.37 bits per heavy atom. The smallest absolute Gasteiger partial charge is 0.173 e. The van der Waals surface area contributed by atoms with E-state index in [9.17, 15) is 10.2 Å². The van der Waals surface area contributed by atoms with Crippen LogP contribution in [0.1, 0.15) is 13.8 Å². The van der Waals surface area contributed by atoms with E-state index in [1.807, 2.05) is 38.1 Å². The quantitative estimate of drug-likeness (QED) is 0.486. The molecule has 0 aliphatic carbocycles. The van der Waals surface area contributed by atoms with Crippen LogP contribution in [-0.2, 0) is 0 Å². The van der Waals surface area contributed by atoms with Gasteiger partial charge in [-0.05, 0) is 61.4 Å². The molecule has 30 heavy (non-hydrogen) atoms. The SMILES string of the molecule is COc1cc(-c2ccc(O)cc2)c(OC)c(OCC=C(C)C)c1-c1ccc(O)cc1. The lowest BCUT2D eigenvalue weighted by molar-refractivity contribution is 0.324. The molecule has 3 aromatic carbocycles. The summed E-state index contributed by atoms with van der Waals surface area (Å²) in [5.74, 6) is 2.08. The molecule has 0 saturated carbocycles. The molecule has 0 unspecified atom stereocenters. The number of hydrogen-bond acceptors (Lipinski definition) is 5. The van der Waals surface area contributed by atoms with Crippen LogP contribution in [0.15, 0.2) is 66.2 Å². The van der Waals surface area contributed by atoms with Crippen LogP contribution in [-0.4, -0.2) is 31.0 Å². The molecule has 5 nitrogen and oxygen atoms in total. The van der Waals surface area contributed by atoms with Crippen molar-refractivity contribution in [2.45, 2.75) is 13.8 Å². The molecule has 0 aromatic heterocycles. The topological polar surface area (TPSA) is 68.2 Å². The average molecular weight is 406 g/mol. The fourth-order valence-electron chi connectivity index (χ4n) is 3.17. The van der Waals surface area contributed by atoms with Gasteiger partial charge in [-0.1, -0.05) is 29.8 Å². The van der Waals surface area contributed by atoms with Crippen molar-refractivity contribution in [1.29, 1.82) is 0 Å². The number of benzene rings is 3. The zero-order valence-corrected chi connectivity index (χ0v) is 17.6. The van der Waals surface area contributed by atoms with E-state index in [1.165, 1.54) is 0 Å². The van der Waals surface area contributed by atoms with Gasteiger partial charge in [0.25, 0.3) is 0 Å². The van der Waals surface area contributed by atoms with E-state index in [2.05, 4.69) is 0 Å². The molecule has 0 fully saturated rings. The van der Waals surface area contributed by atoms with Gasteiger partial charge in [0, 0.05) is 5.56 Å². The third-order valence-corrected chi connectivity index (χ3v) is 4.68. The summed E-state index contributed by atoms with van der Waals surface area (Å²) in [5.41, 5.74) is 4.34. The van der Waals surface area contributed by atoms with Gasteiger partial charge >= 0.3 is 0 Å². The summed E-state index contributed by atoms with van der Waals surface area (Å²) in [7, 11) is 3.20. The minimum atomic E-state index is 0.178. The molecule has 0 aliphatic rings. The summed E-state index contributed by atoms with van der Waals surface area (Å²) in [6.07, 6.45) is 1.99. The molecule has 0 amide bonds. The lowest BCUT2D eigenvalue weighted by atomic mass is 9.96. The maximum Gasteiger partial charge on any atom is 0.173 e. The first-order chi connectivity index (χ1) is 14.4. The highest BCUT2D eigenvalue weighted by Crippen LogP contribution is 2.50. The monoisotopic (exact) mass is 406 g/mol. The second-order valence-corrected chi connectivity index (χ2v) is 7.05. The highest BCUT2D eigenvalue weighted by molar-refractivity contribution is 5.88. The summed E-state index contributed by atoms with van der Waals surface area (Å²) in [6, 6.07) is 15.6. The van der Waals surface area contributed by atoms with Crippen molar-refractivity contribution in [3.63, 3.8) is 0 Å². The molecule has 156 valence electrons. The second-order valence-electron chi connectivity index (χ2n) is 7.05. The van der Waals surface area contributed by atoms with Gasteiger partial charge in [0.2, 0.25) is 0 Å². The summed E-state index contributed by atoms with van der Waals surface area (Å²) >= 11 is 0. The molecule has 0 aliphatic heterocycles. The van der Waals surface area contributed by atoms with Crippen LogP contribution in [0.2, 0.25) is 0 Å². The molecule has 0 saturated heterocycles. The summed E-state index contributed by atoms with van der Waals surface area (Å²) in [6.45, 7) is 4.38. The van der Waals surface area contributed by atoms with Crippen LogP contribution in [0, 0.1) is 0 Å². The van der Waals surface area contributed by atoms with E-state index in [0.717, 1.165) is 27.8 Å². The van der Waals surface area contributed by atoms with Gasteiger partial charge in [0.15, 0.2) is 11.5 Å². The van der Waals surface area contributed by atoms with Gasteiger partial charge in [0.1, 0.15) is 23.9 Å². The number of phenols is 2. The van der Waals surface area contributed by atoms with E-state index in [1.54, 1.807) is 50.6 Å². The number of rotatable bonds is 7. The van der Waals surface area contributed by atoms with Crippen LogP contribution in [0.3, 0.4) is 0 Å². The van der Waals surface area contributed by atoms with Gasteiger partial charge in [-0.3, -0.25) is 0 Å². The number of hydrogen-bond donors (Lipinski definition) is 2. The Hall–Kier alpha value is -3.60. The number of ether oxygens (including phenoxy) is 3. The van der Waals surface area contributed by atoms with E-state index in [4.69, 9.17) is 14.2 Å². The summed E-state index contributed by atoms with van der Waals surface area (Å²) < 4.78 is 17.7. The lowest BCUT2D eigenvalue weighted by Gasteiger charge is -2.21. The van der Waals surface area contributed by atoms with Crippen LogP contribution in [0.25, 0.3) is 22.3 Å². The first kappa shape index (κ1) is 21.1. The molecule has 0 atom stereocenters. The Morgan fingerprint density at radius 3 is 1.87 bits per heavy atom. The van der Waals surface area contributed by atoms with E-state index in [-0.39, 0.29) is 11.5 Å². The van der Waals surface area contributed by atoms with Crippen molar-refractivity contribution < 1.29 is 24.4 Å². The van der Waals surface area contributed by atoms with Gasteiger partial charge in [0.05, 0.1) is 19.8 Å². The summed E-state index contributed by atoms with van der Waals surface area (Å²) in [5, 5.41) is 19.4. The van der Waals surface area contributed by atoms with Gasteiger partial charge in [-0.2, -0.15) is 0 Å². The Balaban J connectivity index is 2.27. The fraction of sp³-hybridized carbons (Fsp3) is 0.200. The highest BCUT2D eigenvalue weighted by atomic mass is 16.5. The van der Waals surface area contributed by atoms with Crippen molar-refractivity contribution in [1.82, 2.24) is 0 Å². The van der Waals surface area contributed by atoms with E-state index < -0.39 is 0 Å². The summed E-state index contributed by atoms with van der Waals surface area (Å²) in [4.78, 5) is 0. The number of phenolic OH excluding ortho intramolecular Hbond substituents is 2. The van der Waals surface area contributed by atoms with Gasteiger partial charge < -0.3 is 24.4 Å². The van der Waals surface area contributed by atoms with E-state index in [0.29, 0.717) is 23.9 Å². The van der Waals surface area contributed by atoms with E-state index >= 15 is 0 Å². The Labute approximate surface area is 176 Å². The van der Waals surface area contributed by atoms with Crippen LogP contribution < -0.4 is 14.2 Å². The molecule has 0 radical (unpaired) electrons. The van der Waals surface area contributed by atoms with Crippen molar-refractivity contribution in [2.24, 2.45) is 0 Å². The van der Waals surface area contributed by atoms with Crippen LogP contribution in [0.5, 0.6) is 28.7 Å². The molecular formula is C25H26O5. The standard InChI is InChI=1S/C25H26O5/c1-16(2)13-14-30-25-23(18-7-11-20(27)12-8-18)22(28-3)15-21(24(25)29-4)17-5-9-19(26)10-6-17/h5-13,15,26-27H,14H2,1-4H3. The number of aromatic hydroxyl groups is 2. The average Bonchev–Trinajstić information content (AvgIpc) is 2.74. The Bertz CT molecular complexity index is 1030. The molecule has 2 N–H and O–H groups in total. The maximum atomic E-state index is 9.70. The fourth-order valence-corrected chi connectivity index (χ4v) is 3.17. The highest BCUT2D eigenvalue weighted by Gasteiger charge is 2.23. The molecule has 0 spiro atoms. The largest absolute Gasteiger partial charge is 0.508 e. The third-order valence-electron chi connectivity index (χ3n) is 4.68. The normalized spacial score (nSPS) is 10.4. The van der Waals surface area contributed by atoms with Gasteiger partial charge in [-0.15, -0.1) is 0 Å². The zero-order chi connectivity index (χ0) is 21.7. The van der Waals surface area contributed by atoms with Crippen molar-refractivity contribution >= 4 is 0 Å². The Morgan fingerprint density at radius 1 is 0.800 bits per heavy atom. The number of allylic oxidation sites excluding steroid dienone is 1. The second kappa shape index (κ2) is 9.27. The van der Waals surface area contributed by atoms with Crippen molar-refractivity contribution in [2.75, 3.05) is 20.8 Å². The van der Waals surface area contributed by atoms with Crippen molar-refractivity contribution in [3.8, 4) is 51.0 Å². The minimum absolute atomic E-state index is 0.178. The van der Waals surface area contributed by atoms with Crippen LogP contribution >= 0.6 is 0 Å². The first-order valence-corrected chi connectivity index (χ1v) is 9.58. The molecule has 0 heterocycles. The molecule has 3 rings (SSSR count). The predicted octanol–water partition coefficient (Wildman–Crippen LogP) is 5.79. The van der Waals surface area contributed by atoms with Gasteiger partial charge in [-0.25, -0.2) is 0 Å². The number of methoxy groups -OCH3 is 2. The molecule has 3 aromatic rings. The van der Waals surface area contributed by atoms with Crippen molar-refractivity contribution in [3.05, 3.63) is 66.2 Å². The Kier molecular flexibility index (Phi) is 6.52. The molecule has 5 heteroatoms. The minimum Gasteiger partial charge on any atom is -0.508 e. The molecule has 0 bridgehead atoms. The predicted molar refractivity (Wildman–Crippen MR) is 119 cm³/mol. The molecular weight excluding hydrogens is 380 g/mol. The lowest BCUT2D eigenvalue weighted by Crippen LogP contribution is -2.03. The first-order valence-electron chi connectivity index (χ1n) is 9.58. The maximum absolute atomic E-state index is 9.70.